The first kappa shape index (κ1) is 13.6. The van der Waals surface area contributed by atoms with Gasteiger partial charge in [0.2, 0.25) is 5.76 Å². The number of carboxylic acid groups (broad SMARTS) is 1. The quantitative estimate of drug-likeness (QED) is 0.866. The Balaban J connectivity index is 2.18. The Morgan fingerprint density at radius 3 is 2.90 bits per heavy atom. The number of carboxylic acids is 1. The van der Waals surface area contributed by atoms with Crippen molar-refractivity contribution in [1.29, 1.82) is 5.26 Å². The van der Waals surface area contributed by atoms with E-state index in [1.165, 1.54) is 6.07 Å². The van der Waals surface area contributed by atoms with Crippen molar-refractivity contribution in [2.24, 2.45) is 0 Å². The molecule has 2 aromatic rings. The average molecular weight is 271 g/mol. The number of furan rings is 1. The molecule has 0 aromatic carbocycles. The van der Waals surface area contributed by atoms with Gasteiger partial charge in [-0.1, -0.05) is 6.07 Å². The van der Waals surface area contributed by atoms with Crippen molar-refractivity contribution in [3.63, 3.8) is 0 Å². The molecule has 1 N–H and O–H groups in total. The van der Waals surface area contributed by atoms with Crippen LogP contribution in [-0.4, -0.2) is 22.6 Å². The zero-order valence-corrected chi connectivity index (χ0v) is 10.7. The predicted molar refractivity (Wildman–Crippen MR) is 71.2 cm³/mol. The maximum atomic E-state index is 10.8. The number of nitrogens with zero attached hydrogens (tertiary/aromatic N) is 3. The van der Waals surface area contributed by atoms with Crippen molar-refractivity contribution in [3.8, 4) is 6.07 Å². The molecule has 2 rings (SSSR count). The highest BCUT2D eigenvalue weighted by atomic mass is 16.4. The number of hydrogen-bond donors (Lipinski definition) is 1. The minimum atomic E-state index is -1.11. The van der Waals surface area contributed by atoms with Gasteiger partial charge in [0.1, 0.15) is 0 Å². The van der Waals surface area contributed by atoms with Gasteiger partial charge in [-0.05, 0) is 17.7 Å². The third-order valence-corrected chi connectivity index (χ3v) is 2.70. The summed E-state index contributed by atoms with van der Waals surface area (Å²) in [6, 6.07) is 8.80. The topological polar surface area (TPSA) is 90.4 Å². The Morgan fingerprint density at radius 1 is 1.45 bits per heavy atom. The summed E-state index contributed by atoms with van der Waals surface area (Å²) in [5, 5.41) is 17.6. The molecular formula is C14H13N3O3. The number of nitriles is 1. The van der Waals surface area contributed by atoms with Crippen LogP contribution in [0.3, 0.4) is 0 Å². The van der Waals surface area contributed by atoms with Crippen molar-refractivity contribution in [3.05, 3.63) is 48.0 Å². The maximum Gasteiger partial charge on any atom is 0.371 e. The Hall–Kier alpha value is -2.81. The Labute approximate surface area is 115 Å². The summed E-state index contributed by atoms with van der Waals surface area (Å²) in [5.41, 5.74) is 0.957. The van der Waals surface area contributed by atoms with Crippen molar-refractivity contribution in [1.82, 2.24) is 4.98 Å². The number of hydrogen-bond acceptors (Lipinski definition) is 5. The van der Waals surface area contributed by atoms with E-state index in [1.807, 2.05) is 17.0 Å². The van der Waals surface area contributed by atoms with Gasteiger partial charge in [0.05, 0.1) is 12.5 Å². The SMILES string of the molecule is N#CCCN(Cc1cccnc1)c1ccc(C(=O)O)o1. The number of pyridine rings is 1. The minimum absolute atomic E-state index is 0.117. The third kappa shape index (κ3) is 3.36. The molecule has 0 bridgehead atoms. The smallest absolute Gasteiger partial charge is 0.371 e. The van der Waals surface area contributed by atoms with Crippen molar-refractivity contribution < 1.29 is 14.3 Å². The molecule has 0 fully saturated rings. The van der Waals surface area contributed by atoms with E-state index >= 15 is 0 Å². The van der Waals surface area contributed by atoms with E-state index in [0.717, 1.165) is 5.56 Å². The highest BCUT2D eigenvalue weighted by Gasteiger charge is 2.15. The summed E-state index contributed by atoms with van der Waals surface area (Å²) in [5.74, 6) is -0.799. The molecule has 102 valence electrons. The number of rotatable bonds is 6. The van der Waals surface area contributed by atoms with Crippen LogP contribution >= 0.6 is 0 Å². The second kappa shape index (κ2) is 6.38. The lowest BCUT2D eigenvalue weighted by atomic mass is 10.2. The molecule has 2 heterocycles. The van der Waals surface area contributed by atoms with Gasteiger partial charge in [-0.2, -0.15) is 5.26 Å². The second-order valence-electron chi connectivity index (χ2n) is 4.13. The van der Waals surface area contributed by atoms with Gasteiger partial charge >= 0.3 is 5.97 Å². The van der Waals surface area contributed by atoms with E-state index < -0.39 is 5.97 Å². The van der Waals surface area contributed by atoms with Crippen molar-refractivity contribution in [2.75, 3.05) is 11.4 Å². The van der Waals surface area contributed by atoms with Crippen LogP contribution < -0.4 is 4.90 Å². The van der Waals surface area contributed by atoms with E-state index in [4.69, 9.17) is 14.8 Å². The highest BCUT2D eigenvalue weighted by molar-refractivity contribution is 5.84. The van der Waals surface area contributed by atoms with Gasteiger partial charge in [0.15, 0.2) is 5.88 Å². The predicted octanol–water partition coefficient (Wildman–Crippen LogP) is 2.29. The fourth-order valence-corrected chi connectivity index (χ4v) is 1.78. The summed E-state index contributed by atoms with van der Waals surface area (Å²) < 4.78 is 5.27. The number of carbonyl (C=O) groups is 1. The van der Waals surface area contributed by atoms with Gasteiger partial charge in [-0.3, -0.25) is 4.98 Å². The summed E-state index contributed by atoms with van der Waals surface area (Å²) in [6.07, 6.45) is 3.72. The van der Waals surface area contributed by atoms with Crippen molar-refractivity contribution >= 4 is 11.9 Å². The monoisotopic (exact) mass is 271 g/mol. The molecule has 6 nitrogen and oxygen atoms in total. The zero-order chi connectivity index (χ0) is 14.4. The molecule has 0 radical (unpaired) electrons. The normalized spacial score (nSPS) is 9.95. The second-order valence-corrected chi connectivity index (χ2v) is 4.13. The molecule has 0 saturated heterocycles. The molecule has 0 saturated carbocycles. The Bertz CT molecular complexity index is 616. The molecule has 6 heteroatoms. The van der Waals surface area contributed by atoms with Gasteiger partial charge < -0.3 is 14.4 Å². The van der Waals surface area contributed by atoms with Gasteiger partial charge in [-0.25, -0.2) is 4.79 Å². The fourth-order valence-electron chi connectivity index (χ4n) is 1.78. The number of aromatic carboxylic acids is 1. The van der Waals surface area contributed by atoms with E-state index in [0.29, 0.717) is 25.4 Å². The fraction of sp³-hybridized carbons (Fsp3) is 0.214. The first-order chi connectivity index (χ1) is 9.70. The van der Waals surface area contributed by atoms with Crippen LogP contribution in [0.25, 0.3) is 0 Å². The molecule has 20 heavy (non-hydrogen) atoms. The molecule has 2 aromatic heterocycles. The maximum absolute atomic E-state index is 10.8. The largest absolute Gasteiger partial charge is 0.475 e. The lowest BCUT2D eigenvalue weighted by Crippen LogP contribution is -2.23. The van der Waals surface area contributed by atoms with E-state index in [2.05, 4.69) is 11.1 Å². The molecule has 0 atom stereocenters. The van der Waals surface area contributed by atoms with Crippen molar-refractivity contribution in [2.45, 2.75) is 13.0 Å². The van der Waals surface area contributed by atoms with Crippen LogP contribution in [0.4, 0.5) is 5.88 Å². The van der Waals surface area contributed by atoms with Crippen LogP contribution in [0.15, 0.2) is 41.1 Å². The molecule has 0 amide bonds. The van der Waals surface area contributed by atoms with Gasteiger partial charge in [0, 0.05) is 31.5 Å². The zero-order valence-electron chi connectivity index (χ0n) is 10.7. The van der Waals surface area contributed by atoms with Crippen LogP contribution in [0, 0.1) is 11.3 Å². The summed E-state index contributed by atoms with van der Waals surface area (Å²) in [7, 11) is 0. The molecule has 0 spiro atoms. The van der Waals surface area contributed by atoms with E-state index in [9.17, 15) is 4.79 Å². The average Bonchev–Trinajstić information content (AvgIpc) is 2.94. The number of anilines is 1. The lowest BCUT2D eigenvalue weighted by molar-refractivity contribution is 0.0663. The number of aromatic nitrogens is 1. The standard InChI is InChI=1S/C14H13N3O3/c15-6-2-8-17(10-11-3-1-7-16-9-11)13-5-4-12(20-13)14(18)19/h1,3-5,7,9H,2,8,10H2,(H,18,19). The molecular weight excluding hydrogens is 258 g/mol. The Morgan fingerprint density at radius 2 is 2.30 bits per heavy atom. The lowest BCUT2D eigenvalue weighted by Gasteiger charge is -2.20. The summed E-state index contributed by atoms with van der Waals surface area (Å²) in [4.78, 5) is 16.7. The third-order valence-electron chi connectivity index (χ3n) is 2.70. The van der Waals surface area contributed by atoms with Gasteiger partial charge in [-0.15, -0.1) is 0 Å². The van der Waals surface area contributed by atoms with Crippen LogP contribution in [0.5, 0.6) is 0 Å². The van der Waals surface area contributed by atoms with E-state index in [1.54, 1.807) is 18.5 Å². The van der Waals surface area contributed by atoms with Crippen LogP contribution in [-0.2, 0) is 6.54 Å². The molecule has 0 aliphatic heterocycles. The highest BCUT2D eigenvalue weighted by Crippen LogP contribution is 2.21. The van der Waals surface area contributed by atoms with Crippen LogP contribution in [0.2, 0.25) is 0 Å². The van der Waals surface area contributed by atoms with Gasteiger partial charge in [0.25, 0.3) is 0 Å². The van der Waals surface area contributed by atoms with Crippen LogP contribution in [0.1, 0.15) is 22.5 Å². The molecule has 0 aliphatic carbocycles. The van der Waals surface area contributed by atoms with E-state index in [-0.39, 0.29) is 5.76 Å². The summed E-state index contributed by atoms with van der Waals surface area (Å²) in [6.45, 7) is 0.958. The Kier molecular flexibility index (Phi) is 4.35. The minimum Gasteiger partial charge on any atom is -0.475 e. The molecule has 0 aliphatic rings. The first-order valence-electron chi connectivity index (χ1n) is 6.04. The summed E-state index contributed by atoms with van der Waals surface area (Å²) >= 11 is 0. The molecule has 0 unspecified atom stereocenters. The first-order valence-corrected chi connectivity index (χ1v) is 6.04.